The minimum absolute atomic E-state index is 0.0761. The summed E-state index contributed by atoms with van der Waals surface area (Å²) in [5.74, 6) is -2.79. The topological polar surface area (TPSA) is 112 Å². The monoisotopic (exact) mass is 740 g/mol. The van der Waals surface area contributed by atoms with Crippen LogP contribution in [-0.2, 0) is 19.1 Å². The Morgan fingerprint density at radius 2 is 1.28 bits per heavy atom. The van der Waals surface area contributed by atoms with Crippen molar-refractivity contribution in [2.75, 3.05) is 20.3 Å². The maximum Gasteiger partial charge on any atom is 0.338 e. The average molecular weight is 742 g/mol. The van der Waals surface area contributed by atoms with Crippen LogP contribution in [0.4, 0.5) is 8.78 Å². The highest BCUT2D eigenvalue weighted by molar-refractivity contribution is 9.10. The molecular weight excluding hydrogens is 713 g/mol. The third-order valence-corrected chi connectivity index (χ3v) is 9.40. The van der Waals surface area contributed by atoms with Gasteiger partial charge >= 0.3 is 5.97 Å². The van der Waals surface area contributed by atoms with Gasteiger partial charge in [0.1, 0.15) is 29.2 Å². The zero-order valence-corrected chi connectivity index (χ0v) is 27.5. The number of hydrogen-bond donors (Lipinski definition) is 2. The summed E-state index contributed by atoms with van der Waals surface area (Å²) in [6.07, 6.45) is -0.496. The van der Waals surface area contributed by atoms with Crippen LogP contribution in [-0.4, -0.2) is 61.4 Å². The molecule has 2 bridgehead atoms. The van der Waals surface area contributed by atoms with Gasteiger partial charge < -0.3 is 29.6 Å². The van der Waals surface area contributed by atoms with Gasteiger partial charge in [0.15, 0.2) is 13.2 Å². The molecule has 0 aromatic heterocycles. The molecule has 3 aliphatic carbocycles. The van der Waals surface area contributed by atoms with E-state index in [1.807, 2.05) is 0 Å². The van der Waals surface area contributed by atoms with Crippen molar-refractivity contribution in [2.24, 2.45) is 0 Å². The summed E-state index contributed by atoms with van der Waals surface area (Å²) < 4.78 is 51.3. The van der Waals surface area contributed by atoms with Gasteiger partial charge in [-0.05, 0) is 61.4 Å². The summed E-state index contributed by atoms with van der Waals surface area (Å²) >= 11 is 14.8. The van der Waals surface area contributed by atoms with E-state index in [2.05, 4.69) is 26.6 Å². The molecule has 3 aromatic rings. The van der Waals surface area contributed by atoms with Crippen molar-refractivity contribution in [3.05, 3.63) is 92.4 Å². The highest BCUT2D eigenvalue weighted by Gasteiger charge is 2.62. The van der Waals surface area contributed by atoms with E-state index in [0.717, 1.165) is 16.6 Å². The van der Waals surface area contributed by atoms with Crippen LogP contribution in [0.25, 0.3) is 0 Å². The van der Waals surface area contributed by atoms with E-state index >= 15 is 0 Å². The molecule has 0 aliphatic heterocycles. The van der Waals surface area contributed by atoms with Crippen LogP contribution >= 0.6 is 39.1 Å². The number of halogens is 5. The standard InChI is InChI=1S/C32H29BrCl2F2N2O7/c1-43-26-14-32(39-29(41)17-45-21-7-9-23(35)25(37)13-21)11-10-31(26,15-27(32)46-30(42)18-2-4-19(33)5-3-18)38-28(40)16-44-20-6-8-22(34)24(36)12-20/h2-9,12-13,26-27H,10-11,14-17H2,1H3,(H,38,40)(H,39,41)/t26-,27?,31-,32-/m1/s1. The van der Waals surface area contributed by atoms with E-state index in [1.54, 1.807) is 24.3 Å². The van der Waals surface area contributed by atoms with Gasteiger partial charge in [0.25, 0.3) is 11.8 Å². The lowest BCUT2D eigenvalue weighted by molar-refractivity contribution is -0.159. The fraction of sp³-hybridized carbons (Fsp3) is 0.344. The Hall–Kier alpha value is -3.45. The number of esters is 1. The molecular formula is C32H29BrCl2F2N2O7. The lowest BCUT2D eigenvalue weighted by atomic mass is 9.58. The number of carbonyl (C=O) groups is 3. The summed E-state index contributed by atoms with van der Waals surface area (Å²) in [5.41, 5.74) is -1.75. The number of carbonyl (C=O) groups excluding carboxylic acids is 3. The van der Waals surface area contributed by atoms with E-state index in [0.29, 0.717) is 18.4 Å². The highest BCUT2D eigenvalue weighted by atomic mass is 79.9. The number of benzene rings is 3. The predicted molar refractivity (Wildman–Crippen MR) is 168 cm³/mol. The van der Waals surface area contributed by atoms with Crippen molar-refractivity contribution in [2.45, 2.75) is 49.0 Å². The third kappa shape index (κ3) is 7.57. The van der Waals surface area contributed by atoms with Crippen molar-refractivity contribution < 1.29 is 42.1 Å². The first kappa shape index (κ1) is 33.9. The van der Waals surface area contributed by atoms with E-state index in [9.17, 15) is 23.2 Å². The normalized spacial score (nSPS) is 23.3. The van der Waals surface area contributed by atoms with Crippen LogP contribution in [0.2, 0.25) is 10.0 Å². The van der Waals surface area contributed by atoms with Gasteiger partial charge in [0.2, 0.25) is 0 Å². The van der Waals surface area contributed by atoms with Crippen LogP contribution in [0, 0.1) is 11.6 Å². The Balaban J connectivity index is 1.33. The third-order valence-electron chi connectivity index (χ3n) is 8.26. The van der Waals surface area contributed by atoms with Crippen LogP contribution in [0.5, 0.6) is 11.5 Å². The SMILES string of the molecule is CO[C@@H]1C[C@]2(NC(=O)COc3ccc(Cl)c(F)c3)CC[C@@]1(NC(=O)COc1ccc(Cl)c(F)c1)CC2OC(=O)c1ccc(Br)cc1. The molecule has 0 radical (unpaired) electrons. The van der Waals surface area contributed by atoms with Crippen LogP contribution in [0.3, 0.4) is 0 Å². The van der Waals surface area contributed by atoms with Gasteiger partial charge in [-0.15, -0.1) is 0 Å². The molecule has 0 spiro atoms. The minimum atomic E-state index is -1.07. The van der Waals surface area contributed by atoms with Crippen molar-refractivity contribution in [1.29, 1.82) is 0 Å². The summed E-state index contributed by atoms with van der Waals surface area (Å²) in [7, 11) is 1.49. The highest BCUT2D eigenvalue weighted by Crippen LogP contribution is 2.49. The first-order valence-electron chi connectivity index (χ1n) is 14.2. The van der Waals surface area contributed by atoms with Gasteiger partial charge in [-0.3, -0.25) is 9.59 Å². The smallest absolute Gasteiger partial charge is 0.338 e. The number of amides is 2. The van der Waals surface area contributed by atoms with Gasteiger partial charge in [0.05, 0.1) is 32.8 Å². The first-order valence-corrected chi connectivity index (χ1v) is 15.7. The van der Waals surface area contributed by atoms with Crippen LogP contribution in [0.1, 0.15) is 36.0 Å². The first-order chi connectivity index (χ1) is 21.9. The largest absolute Gasteiger partial charge is 0.484 e. The molecule has 1 unspecified atom stereocenters. The summed E-state index contributed by atoms with van der Waals surface area (Å²) in [6, 6.07) is 14.3. The number of ether oxygens (including phenoxy) is 4. The van der Waals surface area contributed by atoms with E-state index in [1.165, 1.54) is 31.4 Å². The zero-order valence-electron chi connectivity index (χ0n) is 24.4. The maximum absolute atomic E-state index is 13.9. The molecule has 14 heteroatoms. The van der Waals surface area contributed by atoms with Crippen molar-refractivity contribution in [3.8, 4) is 11.5 Å². The number of methoxy groups -OCH3 is 1. The van der Waals surface area contributed by atoms with Gasteiger partial charge in [0, 0.05) is 36.6 Å². The number of hydrogen-bond acceptors (Lipinski definition) is 7. The van der Waals surface area contributed by atoms with Gasteiger partial charge in [-0.2, -0.15) is 0 Å². The number of nitrogens with one attached hydrogen (secondary N) is 2. The second-order valence-corrected chi connectivity index (χ2v) is 12.9. The van der Waals surface area contributed by atoms with Crippen LogP contribution < -0.4 is 20.1 Å². The molecule has 0 heterocycles. The number of rotatable bonds is 11. The molecule has 2 N–H and O–H groups in total. The summed E-state index contributed by atoms with van der Waals surface area (Å²) in [6.45, 7) is -0.870. The fourth-order valence-corrected chi connectivity index (χ4v) is 6.48. The summed E-state index contributed by atoms with van der Waals surface area (Å²) in [4.78, 5) is 39.6. The van der Waals surface area contributed by atoms with Crippen LogP contribution in [0.15, 0.2) is 65.1 Å². The Morgan fingerprint density at radius 1 is 0.804 bits per heavy atom. The molecule has 244 valence electrons. The van der Waals surface area contributed by atoms with Gasteiger partial charge in [-0.1, -0.05) is 39.1 Å². The zero-order chi connectivity index (χ0) is 33.1. The van der Waals surface area contributed by atoms with Crippen molar-refractivity contribution >= 4 is 56.9 Å². The van der Waals surface area contributed by atoms with Gasteiger partial charge in [-0.25, -0.2) is 13.6 Å². The quantitative estimate of drug-likeness (QED) is 0.231. The van der Waals surface area contributed by atoms with Crippen molar-refractivity contribution in [1.82, 2.24) is 10.6 Å². The molecule has 3 fully saturated rings. The molecule has 3 aromatic carbocycles. The Bertz CT molecular complexity index is 1630. The molecule has 0 saturated heterocycles. The molecule has 9 nitrogen and oxygen atoms in total. The minimum Gasteiger partial charge on any atom is -0.484 e. The molecule has 46 heavy (non-hydrogen) atoms. The van der Waals surface area contributed by atoms with E-state index in [4.69, 9.17) is 42.1 Å². The molecule has 4 atom stereocenters. The maximum atomic E-state index is 13.9. The second kappa shape index (κ2) is 14.1. The Kier molecular flexibility index (Phi) is 10.4. The molecule has 3 aliphatic rings. The Labute approximate surface area is 281 Å². The fourth-order valence-electron chi connectivity index (χ4n) is 5.98. The Morgan fingerprint density at radius 3 is 1.76 bits per heavy atom. The molecule has 6 rings (SSSR count). The number of fused-ring (bicyclic) bond motifs is 3. The average Bonchev–Trinajstić information content (AvgIpc) is 3.03. The lowest BCUT2D eigenvalue weighted by Gasteiger charge is -2.60. The van der Waals surface area contributed by atoms with E-state index in [-0.39, 0.29) is 34.4 Å². The van der Waals surface area contributed by atoms with E-state index < -0.39 is 65.9 Å². The summed E-state index contributed by atoms with van der Waals surface area (Å²) in [5, 5.41) is 5.84. The lowest BCUT2D eigenvalue weighted by Crippen LogP contribution is -2.76. The molecule has 3 saturated carbocycles. The predicted octanol–water partition coefficient (Wildman–Crippen LogP) is 6.03. The second-order valence-electron chi connectivity index (χ2n) is 11.2. The van der Waals surface area contributed by atoms with Crippen molar-refractivity contribution in [3.63, 3.8) is 0 Å². The molecule has 2 amide bonds.